The Labute approximate surface area is 132 Å². The fourth-order valence-electron chi connectivity index (χ4n) is 3.38. The summed E-state index contributed by atoms with van der Waals surface area (Å²) in [7, 11) is 0. The fourth-order valence-corrected chi connectivity index (χ4v) is 4.79. The number of thioether (sulfide) groups is 1. The van der Waals surface area contributed by atoms with Crippen molar-refractivity contribution in [3.63, 3.8) is 0 Å². The lowest BCUT2D eigenvalue weighted by Crippen LogP contribution is -2.31. The molecular weight excluding hydrogens is 280 g/mol. The largest absolute Gasteiger partial charge is 0.493 e. The van der Waals surface area contributed by atoms with Crippen LogP contribution in [0, 0.1) is 0 Å². The van der Waals surface area contributed by atoms with Crippen molar-refractivity contribution in [2.24, 2.45) is 5.84 Å². The molecule has 21 heavy (non-hydrogen) atoms. The number of rotatable bonds is 5. The Balaban J connectivity index is 1.68. The van der Waals surface area contributed by atoms with Gasteiger partial charge in [-0.15, -0.1) is 0 Å². The molecule has 0 bridgehead atoms. The molecule has 1 aliphatic carbocycles. The third-order valence-electron chi connectivity index (χ3n) is 4.59. The van der Waals surface area contributed by atoms with Gasteiger partial charge in [0.15, 0.2) is 0 Å². The van der Waals surface area contributed by atoms with Gasteiger partial charge in [-0.25, -0.2) is 0 Å². The number of nitrogens with one attached hydrogen (secondary N) is 1. The Morgan fingerprint density at radius 3 is 2.90 bits per heavy atom. The lowest BCUT2D eigenvalue weighted by molar-refractivity contribution is 0.282. The second-order valence-corrected chi connectivity index (χ2v) is 7.43. The second-order valence-electron chi connectivity index (χ2n) is 6.10. The molecule has 1 aromatic rings. The molecule has 1 atom stereocenters. The maximum Gasteiger partial charge on any atom is 0.127 e. The van der Waals surface area contributed by atoms with Crippen LogP contribution in [0.25, 0.3) is 0 Å². The van der Waals surface area contributed by atoms with E-state index in [-0.39, 0.29) is 6.04 Å². The molecule has 4 heteroatoms. The van der Waals surface area contributed by atoms with Crippen molar-refractivity contribution < 1.29 is 4.74 Å². The third-order valence-corrected chi connectivity index (χ3v) is 6.06. The molecule has 2 aliphatic rings. The van der Waals surface area contributed by atoms with Crippen LogP contribution in [-0.2, 0) is 6.42 Å². The molecule has 3 nitrogen and oxygen atoms in total. The molecule has 116 valence electrons. The standard InChI is InChI=1S/C17H26N2OS/c18-19-16(12-21-14-8-2-1-3-9-14)15-10-4-6-13-7-5-11-20-17(13)15/h4,6,10,14,16,19H,1-3,5,7-9,11-12,18H2. The molecule has 0 spiro atoms. The number of aryl methyl sites for hydroxylation is 1. The minimum atomic E-state index is 0.185. The van der Waals surface area contributed by atoms with Crippen LogP contribution in [0.1, 0.15) is 55.7 Å². The molecule has 1 saturated carbocycles. The Morgan fingerprint density at radius 2 is 2.10 bits per heavy atom. The highest BCUT2D eigenvalue weighted by molar-refractivity contribution is 7.99. The van der Waals surface area contributed by atoms with Crippen LogP contribution in [0.5, 0.6) is 5.75 Å². The quantitative estimate of drug-likeness (QED) is 0.645. The zero-order chi connectivity index (χ0) is 14.5. The highest BCUT2D eigenvalue weighted by Gasteiger charge is 2.22. The summed E-state index contributed by atoms with van der Waals surface area (Å²) in [5, 5.41) is 0.815. The minimum absolute atomic E-state index is 0.185. The van der Waals surface area contributed by atoms with Crippen molar-refractivity contribution >= 4 is 11.8 Å². The first-order valence-corrected chi connectivity index (χ1v) is 9.25. The Kier molecular flexibility index (Phi) is 5.44. The van der Waals surface area contributed by atoms with Crippen LogP contribution < -0.4 is 16.0 Å². The molecule has 0 radical (unpaired) electrons. The van der Waals surface area contributed by atoms with Crippen LogP contribution in [0.4, 0.5) is 0 Å². The number of ether oxygens (including phenoxy) is 1. The number of fused-ring (bicyclic) bond motifs is 1. The summed E-state index contributed by atoms with van der Waals surface area (Å²) in [5.74, 6) is 7.94. The van der Waals surface area contributed by atoms with Crippen molar-refractivity contribution in [2.45, 2.75) is 56.2 Å². The van der Waals surface area contributed by atoms with E-state index in [0.717, 1.165) is 36.2 Å². The summed E-state index contributed by atoms with van der Waals surface area (Å²) in [6, 6.07) is 6.67. The van der Waals surface area contributed by atoms with E-state index in [1.165, 1.54) is 43.2 Å². The predicted molar refractivity (Wildman–Crippen MR) is 89.7 cm³/mol. The highest BCUT2D eigenvalue weighted by Crippen LogP contribution is 2.36. The smallest absolute Gasteiger partial charge is 0.127 e. The van der Waals surface area contributed by atoms with E-state index < -0.39 is 0 Å². The van der Waals surface area contributed by atoms with Crippen LogP contribution in [-0.4, -0.2) is 17.6 Å². The summed E-state index contributed by atoms with van der Waals surface area (Å²) in [6.07, 6.45) is 9.17. The Morgan fingerprint density at radius 1 is 1.24 bits per heavy atom. The molecule has 1 unspecified atom stereocenters. The Bertz CT molecular complexity index is 460. The van der Waals surface area contributed by atoms with Gasteiger partial charge in [-0.3, -0.25) is 11.3 Å². The monoisotopic (exact) mass is 306 g/mol. The molecule has 1 heterocycles. The second kappa shape index (κ2) is 7.52. The van der Waals surface area contributed by atoms with Crippen molar-refractivity contribution in [1.82, 2.24) is 5.43 Å². The van der Waals surface area contributed by atoms with Gasteiger partial charge in [-0.2, -0.15) is 11.8 Å². The van der Waals surface area contributed by atoms with Gasteiger partial charge in [0.25, 0.3) is 0 Å². The van der Waals surface area contributed by atoms with E-state index in [9.17, 15) is 0 Å². The molecule has 1 aromatic carbocycles. The van der Waals surface area contributed by atoms with Gasteiger partial charge >= 0.3 is 0 Å². The number of hydrogen-bond acceptors (Lipinski definition) is 4. The van der Waals surface area contributed by atoms with E-state index >= 15 is 0 Å². The van der Waals surface area contributed by atoms with Gasteiger partial charge < -0.3 is 4.74 Å². The maximum atomic E-state index is 5.92. The van der Waals surface area contributed by atoms with E-state index in [1.807, 2.05) is 0 Å². The minimum Gasteiger partial charge on any atom is -0.493 e. The zero-order valence-electron chi connectivity index (χ0n) is 12.6. The molecule has 1 fully saturated rings. The molecule has 3 rings (SSSR count). The van der Waals surface area contributed by atoms with Crippen LogP contribution in [0.2, 0.25) is 0 Å². The van der Waals surface area contributed by atoms with Gasteiger partial charge in [0.2, 0.25) is 0 Å². The van der Waals surface area contributed by atoms with Crippen molar-refractivity contribution in [3.05, 3.63) is 29.3 Å². The molecule has 1 aliphatic heterocycles. The van der Waals surface area contributed by atoms with Crippen LogP contribution in [0.15, 0.2) is 18.2 Å². The predicted octanol–water partition coefficient (Wildman–Crippen LogP) is 3.58. The van der Waals surface area contributed by atoms with E-state index in [4.69, 9.17) is 10.6 Å². The SMILES string of the molecule is NNC(CSC1CCCCC1)c1cccc2c1OCCC2. The van der Waals surface area contributed by atoms with E-state index in [1.54, 1.807) is 0 Å². The lowest BCUT2D eigenvalue weighted by atomic mass is 9.99. The highest BCUT2D eigenvalue weighted by atomic mass is 32.2. The van der Waals surface area contributed by atoms with Gasteiger partial charge in [-0.1, -0.05) is 37.5 Å². The topological polar surface area (TPSA) is 47.3 Å². The normalized spacial score (nSPS) is 20.6. The molecule has 0 amide bonds. The zero-order valence-corrected chi connectivity index (χ0v) is 13.5. The molecule has 3 N–H and O–H groups in total. The first kappa shape index (κ1) is 15.2. The summed E-state index contributed by atoms with van der Waals surface area (Å²) >= 11 is 2.08. The summed E-state index contributed by atoms with van der Waals surface area (Å²) in [6.45, 7) is 0.830. The van der Waals surface area contributed by atoms with Crippen molar-refractivity contribution in [2.75, 3.05) is 12.4 Å². The van der Waals surface area contributed by atoms with Gasteiger partial charge in [0.1, 0.15) is 5.75 Å². The van der Waals surface area contributed by atoms with Crippen LogP contribution >= 0.6 is 11.8 Å². The van der Waals surface area contributed by atoms with Crippen molar-refractivity contribution in [1.29, 1.82) is 0 Å². The fraction of sp³-hybridized carbons (Fsp3) is 0.647. The first-order chi connectivity index (χ1) is 10.4. The number of nitrogens with two attached hydrogens (primary N) is 1. The van der Waals surface area contributed by atoms with Gasteiger partial charge in [-0.05, 0) is 31.2 Å². The average molecular weight is 306 g/mol. The number of para-hydroxylation sites is 1. The van der Waals surface area contributed by atoms with Crippen LogP contribution in [0.3, 0.4) is 0 Å². The first-order valence-electron chi connectivity index (χ1n) is 8.21. The van der Waals surface area contributed by atoms with E-state index in [0.29, 0.717) is 0 Å². The number of hydrazine groups is 1. The van der Waals surface area contributed by atoms with Gasteiger partial charge in [0.05, 0.1) is 12.6 Å². The number of benzene rings is 1. The Hall–Kier alpha value is -0.710. The van der Waals surface area contributed by atoms with E-state index in [2.05, 4.69) is 35.4 Å². The third kappa shape index (κ3) is 3.74. The average Bonchev–Trinajstić information content (AvgIpc) is 2.56. The molecule has 0 aromatic heterocycles. The summed E-state index contributed by atoms with van der Waals surface area (Å²) in [4.78, 5) is 0. The summed E-state index contributed by atoms with van der Waals surface area (Å²) in [5.41, 5.74) is 5.58. The maximum absolute atomic E-state index is 5.92. The molecular formula is C17H26N2OS. The van der Waals surface area contributed by atoms with Gasteiger partial charge in [0, 0.05) is 16.6 Å². The summed E-state index contributed by atoms with van der Waals surface area (Å²) < 4.78 is 5.92. The molecule has 0 saturated heterocycles. The van der Waals surface area contributed by atoms with Crippen molar-refractivity contribution in [3.8, 4) is 5.75 Å². The lowest BCUT2D eigenvalue weighted by Gasteiger charge is -2.27. The number of hydrogen-bond donors (Lipinski definition) is 2.